The Hall–Kier alpha value is -6.18. The molecule has 308 valence electrons. The largest absolute Gasteiger partial charge is 0.534 e. The molecule has 0 saturated carbocycles. The van der Waals surface area contributed by atoms with Crippen LogP contribution in [0.1, 0.15) is 28.1 Å². The van der Waals surface area contributed by atoms with E-state index < -0.39 is 27.5 Å². The second-order valence-electron chi connectivity index (χ2n) is 13.0. The normalized spacial score (nSPS) is 13.4. The summed E-state index contributed by atoms with van der Waals surface area (Å²) in [5.41, 5.74) is 1.11. The molecule has 2 aromatic carbocycles. The first-order chi connectivity index (χ1) is 28.2. The molecule has 6 aromatic rings. The average Bonchev–Trinajstić information content (AvgIpc) is 3.82. The van der Waals surface area contributed by atoms with Crippen LogP contribution in [0, 0.1) is 6.92 Å². The fraction of sp³-hybridized carbons (Fsp3) is 0.211. The molecule has 4 N–H and O–H groups in total. The summed E-state index contributed by atoms with van der Waals surface area (Å²) in [6.45, 7) is 3.22. The Balaban J connectivity index is 0.000000170. The third kappa shape index (κ3) is 11.1. The molecule has 15 nitrogen and oxygen atoms in total. The van der Waals surface area contributed by atoms with Gasteiger partial charge in [-0.1, -0.05) is 41.4 Å². The number of urea groups is 2. The number of H-pyrrole nitrogens is 2. The van der Waals surface area contributed by atoms with Crippen LogP contribution in [0.3, 0.4) is 0 Å². The van der Waals surface area contributed by atoms with Crippen molar-refractivity contribution in [3.05, 3.63) is 136 Å². The van der Waals surface area contributed by atoms with Gasteiger partial charge in [-0.3, -0.25) is 20.2 Å². The lowest BCUT2D eigenvalue weighted by Gasteiger charge is -2.27. The number of fused-ring (bicyclic) bond motifs is 2. The highest BCUT2D eigenvalue weighted by Crippen LogP contribution is 2.32. The third-order valence-electron chi connectivity index (χ3n) is 8.77. The molecule has 59 heavy (non-hydrogen) atoms. The van der Waals surface area contributed by atoms with E-state index in [-0.39, 0.29) is 31.1 Å². The number of anilines is 2. The molecular formula is C38H35Cl2F3N10O5S. The van der Waals surface area contributed by atoms with Crippen LogP contribution in [-0.2, 0) is 36.0 Å². The molecule has 2 aliphatic rings. The summed E-state index contributed by atoms with van der Waals surface area (Å²) in [6, 6.07) is 20.6. The predicted molar refractivity (Wildman–Crippen MR) is 214 cm³/mol. The quantitative estimate of drug-likeness (QED) is 0.0983. The van der Waals surface area contributed by atoms with Gasteiger partial charge in [0.15, 0.2) is 0 Å². The van der Waals surface area contributed by atoms with E-state index in [2.05, 4.69) is 45.2 Å². The molecule has 0 saturated heterocycles. The van der Waals surface area contributed by atoms with Crippen molar-refractivity contribution in [3.63, 3.8) is 0 Å². The van der Waals surface area contributed by atoms with E-state index in [1.165, 1.54) is 16.5 Å². The summed E-state index contributed by atoms with van der Waals surface area (Å²) in [4.78, 5) is 36.0. The monoisotopic (exact) mass is 870 g/mol. The van der Waals surface area contributed by atoms with Crippen LogP contribution in [0.4, 0.5) is 34.1 Å². The van der Waals surface area contributed by atoms with Crippen LogP contribution in [0.5, 0.6) is 5.88 Å². The van der Waals surface area contributed by atoms with Crippen LogP contribution in [-0.4, -0.2) is 79.2 Å². The van der Waals surface area contributed by atoms with Crippen LogP contribution >= 0.6 is 23.2 Å². The van der Waals surface area contributed by atoms with Crippen molar-refractivity contribution >= 4 is 56.8 Å². The van der Waals surface area contributed by atoms with Gasteiger partial charge in [-0.2, -0.15) is 26.7 Å². The van der Waals surface area contributed by atoms with Crippen LogP contribution < -0.4 is 14.8 Å². The molecule has 0 bridgehead atoms. The number of aromatic nitrogens is 6. The summed E-state index contributed by atoms with van der Waals surface area (Å²) >= 11 is 11.8. The van der Waals surface area contributed by atoms with E-state index in [0.29, 0.717) is 40.2 Å². The number of carbonyl (C=O) groups is 2. The first kappa shape index (κ1) is 42.4. The van der Waals surface area contributed by atoms with Gasteiger partial charge in [0.25, 0.3) is 5.88 Å². The lowest BCUT2D eigenvalue weighted by atomic mass is 10.0. The van der Waals surface area contributed by atoms with Crippen molar-refractivity contribution in [2.75, 3.05) is 23.7 Å². The number of alkyl halides is 3. The summed E-state index contributed by atoms with van der Waals surface area (Å²) in [5, 5.41) is 19.9. The van der Waals surface area contributed by atoms with E-state index in [9.17, 15) is 31.2 Å². The molecule has 0 radical (unpaired) electrons. The van der Waals surface area contributed by atoms with Crippen LogP contribution in [0.15, 0.2) is 97.6 Å². The summed E-state index contributed by atoms with van der Waals surface area (Å²) in [6.07, 6.45) is 8.09. The second kappa shape index (κ2) is 18.6. The number of pyridine rings is 2. The Morgan fingerprint density at radius 2 is 1.31 bits per heavy atom. The maximum Gasteiger partial charge on any atom is 0.534 e. The van der Waals surface area contributed by atoms with Crippen molar-refractivity contribution in [1.82, 2.24) is 40.2 Å². The standard InChI is InChI=1S/C18H16ClN5O.C14H12ClF3N4O4S.C6H7N/c19-13-4-1-5-14(9-13)21-18(25)24-8-6-16-15(11-24)17(23-22-16)12-3-2-7-20-10-12;15-8-2-1-3-9(6-8)19-13(23)22-5-4-11-10(7-22)12(21-20-11)26-27(24,25)14(16,17)18;1-6-3-2-4-7-5-6/h1-5,7,9-10H,6,8,11H2,(H,21,25)(H,22,23);1-3,6H,4-5,7H2,(H,19,23)(H,20,21);2-5H,1H3. The zero-order chi connectivity index (χ0) is 42.2. The van der Waals surface area contributed by atoms with Crippen LogP contribution in [0.2, 0.25) is 10.0 Å². The average molecular weight is 872 g/mol. The van der Waals surface area contributed by atoms with Gasteiger partial charge in [-0.25, -0.2) is 9.59 Å². The van der Waals surface area contributed by atoms with Crippen molar-refractivity contribution in [2.45, 2.75) is 38.4 Å². The van der Waals surface area contributed by atoms with Gasteiger partial charge in [0.2, 0.25) is 0 Å². The summed E-state index contributed by atoms with van der Waals surface area (Å²) < 4.78 is 64.0. The second-order valence-corrected chi connectivity index (χ2v) is 15.4. The molecular weight excluding hydrogens is 836 g/mol. The number of benzene rings is 2. The number of hydrogen-bond donors (Lipinski definition) is 4. The van der Waals surface area contributed by atoms with Crippen molar-refractivity contribution < 1.29 is 35.4 Å². The number of carbonyl (C=O) groups excluding carboxylic acids is 2. The lowest BCUT2D eigenvalue weighted by molar-refractivity contribution is -0.0501. The smallest absolute Gasteiger partial charge is 0.353 e. The predicted octanol–water partition coefficient (Wildman–Crippen LogP) is 7.99. The fourth-order valence-electron chi connectivity index (χ4n) is 5.86. The Morgan fingerprint density at radius 1 is 0.763 bits per heavy atom. The Morgan fingerprint density at radius 3 is 1.80 bits per heavy atom. The van der Waals surface area contributed by atoms with Crippen molar-refractivity contribution in [3.8, 4) is 17.1 Å². The van der Waals surface area contributed by atoms with E-state index in [4.69, 9.17) is 23.2 Å². The number of rotatable bonds is 5. The van der Waals surface area contributed by atoms with Crippen molar-refractivity contribution in [1.29, 1.82) is 0 Å². The lowest BCUT2D eigenvalue weighted by Crippen LogP contribution is -2.39. The number of aromatic amines is 2. The Labute approximate surface area is 346 Å². The van der Waals surface area contributed by atoms with E-state index >= 15 is 0 Å². The van der Waals surface area contributed by atoms with Gasteiger partial charge < -0.3 is 24.6 Å². The van der Waals surface area contributed by atoms with Crippen LogP contribution in [0.25, 0.3) is 11.3 Å². The van der Waals surface area contributed by atoms with Gasteiger partial charge in [-0.05, 0) is 67.1 Å². The minimum absolute atomic E-state index is 0.0651. The highest BCUT2D eigenvalue weighted by Gasteiger charge is 2.49. The molecule has 0 unspecified atom stereocenters. The molecule has 0 aliphatic carbocycles. The summed E-state index contributed by atoms with van der Waals surface area (Å²) in [7, 11) is -5.86. The highest BCUT2D eigenvalue weighted by atomic mass is 35.5. The summed E-state index contributed by atoms with van der Waals surface area (Å²) in [5.74, 6) is -0.734. The van der Waals surface area contributed by atoms with Gasteiger partial charge in [-0.15, -0.1) is 5.10 Å². The van der Waals surface area contributed by atoms with E-state index in [1.807, 2.05) is 49.5 Å². The Bertz CT molecular complexity index is 2510. The topological polar surface area (TPSA) is 191 Å². The van der Waals surface area contributed by atoms with Gasteiger partial charge >= 0.3 is 27.7 Å². The number of amides is 4. The zero-order valence-electron chi connectivity index (χ0n) is 31.0. The molecule has 0 atom stereocenters. The third-order valence-corrected chi connectivity index (χ3v) is 10.2. The zero-order valence-corrected chi connectivity index (χ0v) is 33.3. The van der Waals surface area contributed by atoms with Gasteiger partial charge in [0.05, 0.1) is 24.3 Å². The molecule has 4 aromatic heterocycles. The van der Waals surface area contributed by atoms with E-state index in [1.54, 1.807) is 53.8 Å². The maximum atomic E-state index is 12.6. The number of aryl methyl sites for hydroxylation is 1. The van der Waals surface area contributed by atoms with Gasteiger partial charge in [0, 0.05) is 94.7 Å². The number of nitrogens with one attached hydrogen (secondary N) is 4. The minimum Gasteiger partial charge on any atom is -0.353 e. The number of nitrogens with zero attached hydrogens (tertiary/aromatic N) is 6. The molecule has 6 heterocycles. The number of hydrogen-bond acceptors (Lipinski definition) is 9. The first-order valence-corrected chi connectivity index (χ1v) is 19.9. The van der Waals surface area contributed by atoms with Gasteiger partial charge in [0.1, 0.15) is 0 Å². The molecule has 0 spiro atoms. The van der Waals surface area contributed by atoms with Crippen molar-refractivity contribution in [2.24, 2.45) is 0 Å². The minimum atomic E-state index is -5.86. The SMILES string of the molecule is Cc1cccnc1.O=C(Nc1cccc(Cl)c1)N1CCc2[nH]nc(-c3cccnc3)c2C1.O=C(Nc1cccc(Cl)c1)N1CCc2[nH]nc(OS(=O)(=O)C(F)(F)F)c2C1. The highest BCUT2D eigenvalue weighted by molar-refractivity contribution is 7.88. The Kier molecular flexibility index (Phi) is 13.4. The fourth-order valence-corrected chi connectivity index (χ4v) is 6.68. The molecule has 2 aliphatic heterocycles. The molecule has 4 amide bonds. The maximum absolute atomic E-state index is 12.6. The molecule has 0 fully saturated rings. The number of halogens is 5. The molecule has 21 heteroatoms. The van der Waals surface area contributed by atoms with E-state index in [0.717, 1.165) is 28.9 Å². The molecule has 8 rings (SSSR count). The first-order valence-electron chi connectivity index (χ1n) is 17.7.